The number of halogens is 1. The number of fused-ring (bicyclic) bond motifs is 1. The van der Waals surface area contributed by atoms with Crippen LogP contribution in [0.4, 0.5) is 0 Å². The highest BCUT2D eigenvalue weighted by molar-refractivity contribution is 6.30. The van der Waals surface area contributed by atoms with Gasteiger partial charge in [0.05, 0.1) is 18.6 Å². The van der Waals surface area contributed by atoms with E-state index in [1.54, 1.807) is 24.0 Å². The number of carbonyl (C=O) groups is 3. The van der Waals surface area contributed by atoms with Crippen molar-refractivity contribution in [1.82, 2.24) is 25.3 Å². The number of benzene rings is 1. The fourth-order valence-corrected chi connectivity index (χ4v) is 5.49. The molecule has 180 valence electrons. The highest BCUT2D eigenvalue weighted by atomic mass is 35.5. The minimum atomic E-state index is -0.168. The molecule has 2 saturated heterocycles. The number of rotatable bonds is 5. The predicted octanol–water partition coefficient (Wildman–Crippen LogP) is 1.61. The van der Waals surface area contributed by atoms with Crippen LogP contribution in [0.3, 0.4) is 0 Å². The first-order valence-electron chi connectivity index (χ1n) is 11.9. The normalized spacial score (nSPS) is 27.1. The van der Waals surface area contributed by atoms with Gasteiger partial charge in [-0.25, -0.2) is 0 Å². The first-order chi connectivity index (χ1) is 15.8. The molecule has 4 unspecified atom stereocenters. The minimum Gasteiger partial charge on any atom is -0.348 e. The lowest BCUT2D eigenvalue weighted by atomic mass is 9.79. The van der Waals surface area contributed by atoms with E-state index in [9.17, 15) is 14.4 Å². The zero-order chi connectivity index (χ0) is 23.5. The summed E-state index contributed by atoms with van der Waals surface area (Å²) in [5.41, 5.74) is 0.968. The van der Waals surface area contributed by atoms with Gasteiger partial charge in [0.2, 0.25) is 17.7 Å². The zero-order valence-corrected chi connectivity index (χ0v) is 20.2. The molecule has 4 rings (SSSR count). The van der Waals surface area contributed by atoms with E-state index in [0.717, 1.165) is 51.0 Å². The first kappa shape index (κ1) is 24.0. The van der Waals surface area contributed by atoms with Gasteiger partial charge in [0, 0.05) is 50.2 Å². The van der Waals surface area contributed by atoms with Crippen LogP contribution in [-0.2, 0) is 14.4 Å². The maximum Gasteiger partial charge on any atom is 0.240 e. The maximum atomic E-state index is 13.3. The Bertz CT molecular complexity index is 871. The van der Waals surface area contributed by atoms with Crippen molar-refractivity contribution >= 4 is 29.3 Å². The smallest absolute Gasteiger partial charge is 0.240 e. The largest absolute Gasteiger partial charge is 0.348 e. The Morgan fingerprint density at radius 1 is 1.15 bits per heavy atom. The van der Waals surface area contributed by atoms with Crippen LogP contribution >= 0.6 is 11.6 Å². The molecular formula is C24H34ClN5O3. The Balaban J connectivity index is 1.30. The quantitative estimate of drug-likeness (QED) is 0.675. The fourth-order valence-electron chi connectivity index (χ4n) is 5.37. The van der Waals surface area contributed by atoms with E-state index in [0.29, 0.717) is 17.7 Å². The molecule has 9 heteroatoms. The van der Waals surface area contributed by atoms with Crippen molar-refractivity contribution in [3.05, 3.63) is 34.9 Å². The summed E-state index contributed by atoms with van der Waals surface area (Å²) >= 11 is 5.94. The van der Waals surface area contributed by atoms with Gasteiger partial charge in [-0.05, 0) is 43.9 Å². The molecule has 3 aliphatic rings. The Morgan fingerprint density at radius 2 is 1.85 bits per heavy atom. The van der Waals surface area contributed by atoms with E-state index in [-0.39, 0.29) is 42.3 Å². The summed E-state index contributed by atoms with van der Waals surface area (Å²) in [5, 5.41) is 7.12. The molecule has 4 atom stereocenters. The molecule has 8 nitrogen and oxygen atoms in total. The van der Waals surface area contributed by atoms with E-state index in [1.165, 1.54) is 0 Å². The molecule has 33 heavy (non-hydrogen) atoms. The first-order valence-corrected chi connectivity index (χ1v) is 12.3. The molecule has 0 bridgehead atoms. The summed E-state index contributed by atoms with van der Waals surface area (Å²) in [5.74, 6) is -0.0759. The van der Waals surface area contributed by atoms with Gasteiger partial charge >= 0.3 is 0 Å². The number of nitrogens with zero attached hydrogens (tertiary/aromatic N) is 3. The van der Waals surface area contributed by atoms with E-state index < -0.39 is 0 Å². The van der Waals surface area contributed by atoms with Crippen molar-refractivity contribution in [1.29, 1.82) is 0 Å². The molecule has 2 N–H and O–H groups in total. The number of piperazine rings is 1. The van der Waals surface area contributed by atoms with Gasteiger partial charge in [0.15, 0.2) is 0 Å². The second-order valence-corrected chi connectivity index (χ2v) is 9.90. The van der Waals surface area contributed by atoms with Crippen molar-refractivity contribution < 1.29 is 14.4 Å². The van der Waals surface area contributed by atoms with Crippen LogP contribution < -0.4 is 10.6 Å². The van der Waals surface area contributed by atoms with E-state index in [2.05, 4.69) is 15.5 Å². The Hall–Kier alpha value is -2.16. The topological polar surface area (TPSA) is 85.0 Å². The number of hydrogen-bond donors (Lipinski definition) is 2. The summed E-state index contributed by atoms with van der Waals surface area (Å²) in [4.78, 5) is 43.5. The number of carbonyl (C=O) groups excluding carboxylic acids is 3. The molecule has 3 fully saturated rings. The van der Waals surface area contributed by atoms with Gasteiger partial charge in [-0.3, -0.25) is 24.6 Å². The summed E-state index contributed by atoms with van der Waals surface area (Å²) in [6, 6.07) is 7.76. The van der Waals surface area contributed by atoms with Crippen molar-refractivity contribution in [2.24, 2.45) is 5.92 Å². The second-order valence-electron chi connectivity index (χ2n) is 9.46. The highest BCUT2D eigenvalue weighted by Gasteiger charge is 2.42. The van der Waals surface area contributed by atoms with E-state index in [1.807, 2.05) is 24.0 Å². The molecule has 0 radical (unpaired) electrons. The summed E-state index contributed by atoms with van der Waals surface area (Å²) < 4.78 is 0. The standard InChI is InChI=1S/C24H34ClN5O3/c1-16(18-3-5-19(25)6-4-18)27-23(32)14-30-15-26-22-8-7-20(13-21(22)24(30)33)29-11-9-28(10-12-29)17(2)31/h3-6,16,20-22,26H,7-15H2,1-2H3,(H,27,32). The monoisotopic (exact) mass is 475 g/mol. The van der Waals surface area contributed by atoms with Crippen molar-refractivity contribution in [3.63, 3.8) is 0 Å². The van der Waals surface area contributed by atoms with Crippen LogP contribution in [0.5, 0.6) is 0 Å². The van der Waals surface area contributed by atoms with Crippen LogP contribution in [0.25, 0.3) is 0 Å². The van der Waals surface area contributed by atoms with Crippen LogP contribution in [0.15, 0.2) is 24.3 Å². The molecule has 1 aromatic carbocycles. The third-order valence-electron chi connectivity index (χ3n) is 7.35. The zero-order valence-electron chi connectivity index (χ0n) is 19.4. The van der Waals surface area contributed by atoms with Crippen molar-refractivity contribution in [2.75, 3.05) is 39.4 Å². The summed E-state index contributed by atoms with van der Waals surface area (Å²) in [6.07, 6.45) is 2.82. The maximum absolute atomic E-state index is 13.3. The van der Waals surface area contributed by atoms with Gasteiger partial charge in [-0.2, -0.15) is 0 Å². The molecule has 0 aromatic heterocycles. The molecule has 3 amide bonds. The molecule has 1 aromatic rings. The lowest BCUT2D eigenvalue weighted by Crippen LogP contribution is -2.62. The third kappa shape index (κ3) is 5.67. The number of hydrogen-bond acceptors (Lipinski definition) is 5. The lowest BCUT2D eigenvalue weighted by molar-refractivity contribution is -0.146. The molecule has 2 heterocycles. The second kappa shape index (κ2) is 10.4. The van der Waals surface area contributed by atoms with Crippen molar-refractivity contribution in [2.45, 2.75) is 51.2 Å². The fraction of sp³-hybridized carbons (Fsp3) is 0.625. The molecular weight excluding hydrogens is 442 g/mol. The number of amides is 3. The predicted molar refractivity (Wildman–Crippen MR) is 126 cm³/mol. The van der Waals surface area contributed by atoms with Gasteiger partial charge in [0.1, 0.15) is 6.54 Å². The molecule has 2 aliphatic heterocycles. The lowest BCUT2D eigenvalue weighted by Gasteiger charge is -2.47. The third-order valence-corrected chi connectivity index (χ3v) is 7.61. The molecule has 0 spiro atoms. The van der Waals surface area contributed by atoms with Gasteiger partial charge in [-0.15, -0.1) is 0 Å². The summed E-state index contributed by atoms with van der Waals surface area (Å²) in [6.45, 7) is 7.23. The van der Waals surface area contributed by atoms with E-state index >= 15 is 0 Å². The number of nitrogens with one attached hydrogen (secondary N) is 2. The van der Waals surface area contributed by atoms with Gasteiger partial charge in [-0.1, -0.05) is 23.7 Å². The average molecular weight is 476 g/mol. The average Bonchev–Trinajstić information content (AvgIpc) is 2.81. The van der Waals surface area contributed by atoms with Crippen LogP contribution in [0.2, 0.25) is 5.02 Å². The van der Waals surface area contributed by atoms with Crippen molar-refractivity contribution in [3.8, 4) is 0 Å². The van der Waals surface area contributed by atoms with Gasteiger partial charge in [0.25, 0.3) is 0 Å². The van der Waals surface area contributed by atoms with E-state index in [4.69, 9.17) is 11.6 Å². The van der Waals surface area contributed by atoms with Crippen LogP contribution in [0, 0.1) is 5.92 Å². The van der Waals surface area contributed by atoms with Gasteiger partial charge < -0.3 is 15.1 Å². The highest BCUT2D eigenvalue weighted by Crippen LogP contribution is 2.32. The summed E-state index contributed by atoms with van der Waals surface area (Å²) in [7, 11) is 0. The van der Waals surface area contributed by atoms with Crippen LogP contribution in [0.1, 0.15) is 44.7 Å². The van der Waals surface area contributed by atoms with Crippen LogP contribution in [-0.4, -0.2) is 83.9 Å². The molecule has 1 saturated carbocycles. The SMILES string of the molecule is CC(=O)N1CCN(C2CCC3NCN(CC(=O)NC(C)c4ccc(Cl)cc4)C(=O)C3C2)CC1. The minimum absolute atomic E-state index is 0.0505. The Morgan fingerprint density at radius 3 is 2.52 bits per heavy atom. The Kier molecular flexibility index (Phi) is 7.56. The molecule has 1 aliphatic carbocycles. The Labute approximate surface area is 200 Å².